The van der Waals surface area contributed by atoms with Gasteiger partial charge in [-0.2, -0.15) is 13.2 Å². The van der Waals surface area contributed by atoms with Crippen LogP contribution >= 0.6 is 0 Å². The van der Waals surface area contributed by atoms with Crippen molar-refractivity contribution < 1.29 is 22.5 Å². The molecule has 0 bridgehead atoms. The minimum Gasteiger partial charge on any atom is -0.342 e. The summed E-state index contributed by atoms with van der Waals surface area (Å²) in [6, 6.07) is 4.82. The van der Waals surface area contributed by atoms with Crippen LogP contribution in [0.4, 0.5) is 13.2 Å². The van der Waals surface area contributed by atoms with Crippen molar-refractivity contribution in [2.75, 3.05) is 13.1 Å². The first-order chi connectivity index (χ1) is 15.2. The highest BCUT2D eigenvalue weighted by Crippen LogP contribution is 2.40. The van der Waals surface area contributed by atoms with E-state index in [-0.39, 0.29) is 34.5 Å². The van der Waals surface area contributed by atoms with Gasteiger partial charge in [0.05, 0.1) is 16.6 Å². The summed E-state index contributed by atoms with van der Waals surface area (Å²) in [5.74, 6) is -0.532. The quantitative estimate of drug-likeness (QED) is 0.545. The third-order valence-corrected chi connectivity index (χ3v) is 5.93. The Labute approximate surface area is 183 Å². The molecule has 9 heteroatoms. The normalized spacial score (nSPS) is 17.3. The molecule has 1 atom stereocenters. The second kappa shape index (κ2) is 8.88. The zero-order chi connectivity index (χ0) is 22.9. The molecule has 0 saturated carbocycles. The molecule has 1 unspecified atom stereocenters. The van der Waals surface area contributed by atoms with Crippen molar-refractivity contribution in [3.05, 3.63) is 53.1 Å². The second-order valence-corrected chi connectivity index (χ2v) is 8.53. The summed E-state index contributed by atoms with van der Waals surface area (Å²) in [6.07, 6.45) is 1.07. The fraction of sp³-hybridized carbons (Fsp3) is 0.478. The van der Waals surface area contributed by atoms with Crippen LogP contribution in [0.15, 0.2) is 35.1 Å². The van der Waals surface area contributed by atoms with E-state index in [0.29, 0.717) is 44.5 Å². The van der Waals surface area contributed by atoms with E-state index in [2.05, 4.69) is 15.1 Å². The maximum atomic E-state index is 13.9. The van der Waals surface area contributed by atoms with Gasteiger partial charge in [0.25, 0.3) is 5.71 Å². The minimum absolute atomic E-state index is 0.0180. The average molecular weight is 446 g/mol. The Balaban J connectivity index is 1.58. The molecule has 4 heterocycles. The Hall–Kier alpha value is -2.97. The molecule has 1 aliphatic rings. The minimum atomic E-state index is -4.56. The van der Waals surface area contributed by atoms with E-state index < -0.39 is 11.7 Å². The smallest absolute Gasteiger partial charge is 0.342 e. The van der Waals surface area contributed by atoms with E-state index >= 15 is 0 Å². The fourth-order valence-corrected chi connectivity index (χ4v) is 4.18. The molecule has 32 heavy (non-hydrogen) atoms. The van der Waals surface area contributed by atoms with E-state index in [9.17, 15) is 18.0 Å². The molecular formula is C23H25F3N4O2. The number of rotatable bonds is 5. The number of carbonyl (C=O) groups is 1. The number of hydrogen-bond donors (Lipinski definition) is 0. The Kier molecular flexibility index (Phi) is 6.17. The summed E-state index contributed by atoms with van der Waals surface area (Å²) in [7, 11) is 0. The number of piperidine rings is 1. The van der Waals surface area contributed by atoms with E-state index in [1.54, 1.807) is 31.1 Å². The molecular weight excluding hydrogens is 421 g/mol. The zero-order valence-corrected chi connectivity index (χ0v) is 18.0. The predicted octanol–water partition coefficient (Wildman–Crippen LogP) is 5.10. The molecule has 0 aromatic carbocycles. The van der Waals surface area contributed by atoms with Gasteiger partial charge in [-0.25, -0.2) is 4.98 Å². The van der Waals surface area contributed by atoms with Gasteiger partial charge in [0.1, 0.15) is 0 Å². The van der Waals surface area contributed by atoms with E-state index in [4.69, 9.17) is 4.52 Å². The maximum Gasteiger partial charge on any atom is 0.417 e. The summed E-state index contributed by atoms with van der Waals surface area (Å²) in [4.78, 5) is 22.7. The summed E-state index contributed by atoms with van der Waals surface area (Å²) in [5, 5.41) is 3.91. The highest BCUT2D eigenvalue weighted by atomic mass is 19.4. The van der Waals surface area contributed by atoms with Gasteiger partial charge >= 0.3 is 6.18 Å². The Bertz CT molecular complexity index is 1100. The molecule has 0 radical (unpaired) electrons. The van der Waals surface area contributed by atoms with Crippen LogP contribution in [0.25, 0.3) is 11.1 Å². The monoisotopic (exact) mass is 446 g/mol. The highest BCUT2D eigenvalue weighted by Gasteiger charge is 2.38. The van der Waals surface area contributed by atoms with Crippen LogP contribution in [0.1, 0.15) is 67.5 Å². The number of likely N-dealkylation sites (tertiary alicyclic amines) is 1. The van der Waals surface area contributed by atoms with Crippen molar-refractivity contribution in [1.82, 2.24) is 20.0 Å². The number of pyridine rings is 2. The first kappa shape index (κ1) is 22.2. The molecule has 0 N–H and O–H groups in total. The van der Waals surface area contributed by atoms with E-state index in [1.807, 2.05) is 12.1 Å². The number of alkyl halides is 3. The topological polar surface area (TPSA) is 72.1 Å². The van der Waals surface area contributed by atoms with Gasteiger partial charge in [-0.1, -0.05) is 19.0 Å². The number of carbonyl (C=O) groups excluding carboxylic acids is 1. The number of hydrogen-bond acceptors (Lipinski definition) is 5. The lowest BCUT2D eigenvalue weighted by molar-refractivity contribution is -0.136. The summed E-state index contributed by atoms with van der Waals surface area (Å²) < 4.78 is 46.9. The van der Waals surface area contributed by atoms with Crippen LogP contribution in [0.3, 0.4) is 0 Å². The molecule has 1 saturated heterocycles. The lowest BCUT2D eigenvalue weighted by Gasteiger charge is -2.32. The van der Waals surface area contributed by atoms with Crippen molar-refractivity contribution >= 4 is 17.0 Å². The van der Waals surface area contributed by atoms with Crippen LogP contribution in [0, 0.1) is 0 Å². The number of aromatic nitrogens is 3. The van der Waals surface area contributed by atoms with Gasteiger partial charge in [-0.05, 0) is 48.9 Å². The number of fused-ring (bicyclic) bond motifs is 1. The van der Waals surface area contributed by atoms with Crippen LogP contribution in [0.2, 0.25) is 0 Å². The molecule has 1 amide bonds. The van der Waals surface area contributed by atoms with Crippen LogP contribution in [0.5, 0.6) is 0 Å². The second-order valence-electron chi connectivity index (χ2n) is 8.53. The van der Waals surface area contributed by atoms with Gasteiger partial charge in [0, 0.05) is 43.5 Å². The van der Waals surface area contributed by atoms with Gasteiger partial charge in [-0.15, -0.1) is 0 Å². The van der Waals surface area contributed by atoms with Crippen LogP contribution in [-0.4, -0.2) is 39.0 Å². The van der Waals surface area contributed by atoms with Crippen molar-refractivity contribution in [2.45, 2.75) is 57.5 Å². The van der Waals surface area contributed by atoms with Crippen LogP contribution < -0.4 is 0 Å². The molecule has 170 valence electrons. The maximum absolute atomic E-state index is 13.9. The fourth-order valence-electron chi connectivity index (χ4n) is 4.18. The summed E-state index contributed by atoms with van der Waals surface area (Å²) in [6.45, 7) is 4.47. The lowest BCUT2D eigenvalue weighted by Crippen LogP contribution is -2.39. The molecule has 1 aliphatic heterocycles. The van der Waals surface area contributed by atoms with Gasteiger partial charge in [0.15, 0.2) is 0 Å². The van der Waals surface area contributed by atoms with Crippen LogP contribution in [-0.2, 0) is 17.4 Å². The van der Waals surface area contributed by atoms with Crippen molar-refractivity contribution in [3.63, 3.8) is 0 Å². The summed E-state index contributed by atoms with van der Waals surface area (Å²) in [5.41, 5.74) is 0.695. The lowest BCUT2D eigenvalue weighted by atomic mass is 9.91. The molecule has 6 nitrogen and oxygen atoms in total. The molecule has 0 spiro atoms. The Morgan fingerprint density at radius 1 is 1.28 bits per heavy atom. The number of nitrogens with zero attached hydrogens (tertiary/aromatic N) is 4. The SMILES string of the molecule is CC(C)c1cc(C(F)(F)F)c2c(C3CCCN(C(=O)CCc4ccncc4)C3)noc2n1. The Morgan fingerprint density at radius 2 is 2.03 bits per heavy atom. The largest absolute Gasteiger partial charge is 0.417 e. The molecule has 0 aliphatic carbocycles. The first-order valence-electron chi connectivity index (χ1n) is 10.8. The summed E-state index contributed by atoms with van der Waals surface area (Å²) >= 11 is 0. The third-order valence-electron chi connectivity index (χ3n) is 5.93. The van der Waals surface area contributed by atoms with Gasteiger partial charge < -0.3 is 9.42 Å². The predicted molar refractivity (Wildman–Crippen MR) is 112 cm³/mol. The van der Waals surface area contributed by atoms with Crippen molar-refractivity contribution in [1.29, 1.82) is 0 Å². The van der Waals surface area contributed by atoms with Gasteiger partial charge in [-0.3, -0.25) is 9.78 Å². The average Bonchev–Trinajstić information content (AvgIpc) is 3.21. The third kappa shape index (κ3) is 4.61. The molecule has 3 aromatic rings. The van der Waals surface area contributed by atoms with Crippen molar-refractivity contribution in [2.24, 2.45) is 0 Å². The Morgan fingerprint density at radius 3 is 2.72 bits per heavy atom. The molecule has 3 aromatic heterocycles. The number of aryl methyl sites for hydroxylation is 1. The highest BCUT2D eigenvalue weighted by molar-refractivity contribution is 5.82. The van der Waals surface area contributed by atoms with Gasteiger partial charge in [0.2, 0.25) is 5.91 Å². The standard InChI is InChI=1S/C23H25F3N4O2/c1-14(2)18-12-17(23(24,25)26)20-21(29-32-22(20)28-18)16-4-3-11-30(13-16)19(31)6-5-15-7-9-27-10-8-15/h7-10,12,14,16H,3-6,11,13H2,1-2H3. The molecule has 1 fully saturated rings. The first-order valence-corrected chi connectivity index (χ1v) is 10.8. The molecule has 4 rings (SSSR count). The number of amides is 1. The van der Waals surface area contributed by atoms with E-state index in [0.717, 1.165) is 11.6 Å². The van der Waals surface area contributed by atoms with E-state index in [1.165, 1.54) is 0 Å². The van der Waals surface area contributed by atoms with Crippen molar-refractivity contribution in [3.8, 4) is 0 Å². The number of halogens is 3. The zero-order valence-electron chi connectivity index (χ0n) is 18.0.